The maximum atomic E-state index is 6.42. The Morgan fingerprint density at radius 2 is 1.00 bits per heavy atom. The van der Waals surface area contributed by atoms with Gasteiger partial charge in [0.25, 0.3) is 0 Å². The van der Waals surface area contributed by atoms with E-state index in [1.807, 2.05) is 24.3 Å². The molecule has 0 unspecified atom stereocenters. The Labute approximate surface area is 270 Å². The summed E-state index contributed by atoms with van der Waals surface area (Å²) in [5, 5.41) is 9.25. The van der Waals surface area contributed by atoms with Crippen molar-refractivity contribution in [1.82, 2.24) is 0 Å². The third-order valence-corrected chi connectivity index (χ3v) is 9.45. The molecule has 0 atom stereocenters. The van der Waals surface area contributed by atoms with E-state index in [2.05, 4.69) is 144 Å². The van der Waals surface area contributed by atoms with E-state index in [1.54, 1.807) is 0 Å². The van der Waals surface area contributed by atoms with Crippen molar-refractivity contribution in [2.75, 3.05) is 4.90 Å². The molecule has 0 spiro atoms. The Hall–Kier alpha value is -6.32. The van der Waals surface area contributed by atoms with Gasteiger partial charge in [-0.15, -0.1) is 0 Å². The summed E-state index contributed by atoms with van der Waals surface area (Å²) in [6.07, 6.45) is 0. The van der Waals surface area contributed by atoms with Crippen molar-refractivity contribution in [2.24, 2.45) is 0 Å². The van der Waals surface area contributed by atoms with Crippen molar-refractivity contribution >= 4 is 82.5 Å². The lowest BCUT2D eigenvalue weighted by Gasteiger charge is -2.29. The molecule has 8 aromatic carbocycles. The Morgan fingerprint density at radius 3 is 1.89 bits per heavy atom. The highest BCUT2D eigenvalue weighted by molar-refractivity contribution is 6.28. The number of furan rings is 2. The second-order valence-corrected chi connectivity index (χ2v) is 12.1. The van der Waals surface area contributed by atoms with Crippen LogP contribution >= 0.6 is 0 Å². The summed E-state index contributed by atoms with van der Waals surface area (Å²) < 4.78 is 12.8. The molecule has 3 heteroatoms. The first kappa shape index (κ1) is 26.0. The lowest BCUT2D eigenvalue weighted by atomic mass is 9.95. The fraction of sp³-hybridized carbons (Fsp3) is 0. The van der Waals surface area contributed by atoms with Crippen molar-refractivity contribution in [2.45, 2.75) is 0 Å². The van der Waals surface area contributed by atoms with E-state index < -0.39 is 0 Å². The molecular formula is C44H27NO2. The van der Waals surface area contributed by atoms with Crippen LogP contribution in [0.4, 0.5) is 17.1 Å². The predicted octanol–water partition coefficient (Wildman–Crippen LogP) is 12.9. The number of hydrogen-bond donors (Lipinski definition) is 0. The molecule has 220 valence electrons. The van der Waals surface area contributed by atoms with Gasteiger partial charge in [0.2, 0.25) is 0 Å². The summed E-state index contributed by atoms with van der Waals surface area (Å²) in [5.74, 6) is 0. The average molecular weight is 602 g/mol. The van der Waals surface area contributed by atoms with E-state index in [1.165, 1.54) is 16.2 Å². The SMILES string of the molecule is c1ccc(-c2ccccc2N(c2ccc3c(c2)oc2ccccc23)c2cccc3c2ccc2ccc4oc5ccccc5c4c23)cc1. The molecule has 0 radical (unpaired) electrons. The van der Waals surface area contributed by atoms with Crippen LogP contribution in [0.3, 0.4) is 0 Å². The summed E-state index contributed by atoms with van der Waals surface area (Å²) in [6, 6.07) is 57.9. The molecular weight excluding hydrogens is 574 g/mol. The third kappa shape index (κ3) is 3.93. The van der Waals surface area contributed by atoms with Crippen LogP contribution in [0.15, 0.2) is 173 Å². The third-order valence-electron chi connectivity index (χ3n) is 9.45. The van der Waals surface area contributed by atoms with Crippen LogP contribution in [0, 0.1) is 0 Å². The zero-order valence-corrected chi connectivity index (χ0v) is 25.4. The zero-order chi connectivity index (χ0) is 30.9. The van der Waals surface area contributed by atoms with Crippen molar-refractivity contribution in [3.05, 3.63) is 164 Å². The first-order valence-corrected chi connectivity index (χ1v) is 15.9. The first-order valence-electron chi connectivity index (χ1n) is 15.9. The fourth-order valence-corrected chi connectivity index (χ4v) is 7.37. The smallest absolute Gasteiger partial charge is 0.137 e. The largest absolute Gasteiger partial charge is 0.456 e. The number of fused-ring (bicyclic) bond motifs is 10. The summed E-state index contributed by atoms with van der Waals surface area (Å²) in [6.45, 7) is 0. The molecule has 0 saturated heterocycles. The van der Waals surface area contributed by atoms with E-state index in [0.717, 1.165) is 77.5 Å². The van der Waals surface area contributed by atoms with E-state index in [4.69, 9.17) is 8.83 Å². The first-order chi connectivity index (χ1) is 23.3. The molecule has 10 rings (SSSR count). The number of hydrogen-bond acceptors (Lipinski definition) is 3. The normalized spacial score (nSPS) is 11.8. The fourth-order valence-electron chi connectivity index (χ4n) is 7.37. The Bertz CT molecular complexity index is 2810. The van der Waals surface area contributed by atoms with Gasteiger partial charge in [-0.2, -0.15) is 0 Å². The van der Waals surface area contributed by atoms with Gasteiger partial charge >= 0.3 is 0 Å². The van der Waals surface area contributed by atoms with Crippen LogP contribution in [0.1, 0.15) is 0 Å². The molecule has 0 aliphatic heterocycles. The number of para-hydroxylation sites is 3. The highest BCUT2D eigenvalue weighted by atomic mass is 16.3. The Morgan fingerprint density at radius 1 is 0.362 bits per heavy atom. The van der Waals surface area contributed by atoms with Crippen LogP contribution in [0.5, 0.6) is 0 Å². The van der Waals surface area contributed by atoms with Gasteiger partial charge in [0, 0.05) is 49.6 Å². The van der Waals surface area contributed by atoms with Gasteiger partial charge in [0.05, 0.1) is 11.4 Å². The molecule has 0 saturated carbocycles. The van der Waals surface area contributed by atoms with E-state index in [0.29, 0.717) is 0 Å². The van der Waals surface area contributed by atoms with Gasteiger partial charge in [0.1, 0.15) is 22.3 Å². The van der Waals surface area contributed by atoms with Gasteiger partial charge in [0.15, 0.2) is 0 Å². The standard InChI is InChI=1S/C44H27NO2/c1-2-11-28(12-3-1)31-13-4-7-17-37(31)45(30-23-25-34-33-14-5-8-19-39(33)47-42(34)27-30)38-18-10-16-35-32(38)24-21-29-22-26-41-44(43(29)35)36-15-6-9-20-40(36)46-41/h1-27H. The lowest BCUT2D eigenvalue weighted by Crippen LogP contribution is -2.11. The van der Waals surface area contributed by atoms with E-state index >= 15 is 0 Å². The molecule has 0 N–H and O–H groups in total. The van der Waals surface area contributed by atoms with Crippen molar-refractivity contribution < 1.29 is 8.83 Å². The number of nitrogens with zero attached hydrogens (tertiary/aromatic N) is 1. The Balaban J connectivity index is 1.30. The minimum atomic E-state index is 0.864. The van der Waals surface area contributed by atoms with Crippen molar-refractivity contribution in [3.8, 4) is 11.1 Å². The Kier molecular flexibility index (Phi) is 5.57. The monoisotopic (exact) mass is 601 g/mol. The van der Waals surface area contributed by atoms with Gasteiger partial charge in [-0.05, 0) is 58.8 Å². The highest BCUT2D eigenvalue weighted by Crippen LogP contribution is 2.47. The van der Waals surface area contributed by atoms with Gasteiger partial charge in [-0.1, -0.05) is 115 Å². The van der Waals surface area contributed by atoms with Crippen molar-refractivity contribution in [1.29, 1.82) is 0 Å². The quantitative estimate of drug-likeness (QED) is 0.188. The van der Waals surface area contributed by atoms with E-state index in [-0.39, 0.29) is 0 Å². The summed E-state index contributed by atoms with van der Waals surface area (Å²) in [5.41, 5.74) is 9.08. The van der Waals surface area contributed by atoms with Crippen LogP contribution in [-0.4, -0.2) is 0 Å². The van der Waals surface area contributed by atoms with Crippen LogP contribution in [0.2, 0.25) is 0 Å². The molecule has 10 aromatic rings. The molecule has 0 amide bonds. The summed E-state index contributed by atoms with van der Waals surface area (Å²) in [7, 11) is 0. The summed E-state index contributed by atoms with van der Waals surface area (Å²) >= 11 is 0. The van der Waals surface area contributed by atoms with Crippen molar-refractivity contribution in [3.63, 3.8) is 0 Å². The summed E-state index contributed by atoms with van der Waals surface area (Å²) in [4.78, 5) is 2.39. The lowest BCUT2D eigenvalue weighted by molar-refractivity contribution is 0.668. The maximum Gasteiger partial charge on any atom is 0.137 e. The molecule has 47 heavy (non-hydrogen) atoms. The van der Waals surface area contributed by atoms with Gasteiger partial charge < -0.3 is 13.7 Å². The molecule has 3 nitrogen and oxygen atoms in total. The molecule has 0 aliphatic carbocycles. The van der Waals surface area contributed by atoms with Crippen LogP contribution in [-0.2, 0) is 0 Å². The molecule has 0 bridgehead atoms. The molecule has 0 fully saturated rings. The second kappa shape index (κ2) is 10.1. The molecule has 0 aliphatic rings. The topological polar surface area (TPSA) is 29.5 Å². The molecule has 2 heterocycles. The van der Waals surface area contributed by atoms with Crippen LogP contribution < -0.4 is 4.90 Å². The molecule has 2 aromatic heterocycles. The second-order valence-electron chi connectivity index (χ2n) is 12.1. The van der Waals surface area contributed by atoms with Gasteiger partial charge in [-0.3, -0.25) is 0 Å². The minimum Gasteiger partial charge on any atom is -0.456 e. The predicted molar refractivity (Wildman–Crippen MR) is 196 cm³/mol. The number of benzene rings is 8. The van der Waals surface area contributed by atoms with E-state index in [9.17, 15) is 0 Å². The number of anilines is 3. The zero-order valence-electron chi connectivity index (χ0n) is 25.4. The number of rotatable bonds is 4. The van der Waals surface area contributed by atoms with Crippen LogP contribution in [0.25, 0.3) is 76.5 Å². The highest BCUT2D eigenvalue weighted by Gasteiger charge is 2.22. The minimum absolute atomic E-state index is 0.864. The average Bonchev–Trinajstić information content (AvgIpc) is 3.70. The van der Waals surface area contributed by atoms with Gasteiger partial charge in [-0.25, -0.2) is 0 Å². The maximum absolute atomic E-state index is 6.42.